The molecule has 0 unspecified atom stereocenters. The molecule has 1 N–H and O–H groups in total. The van der Waals surface area contributed by atoms with E-state index < -0.39 is 0 Å². The highest BCUT2D eigenvalue weighted by atomic mass is 79.9. The number of carbonyl (C=O) groups excluding carboxylic acids is 1. The minimum atomic E-state index is -0.233. The van der Waals surface area contributed by atoms with Crippen molar-refractivity contribution in [3.8, 4) is 0 Å². The Labute approximate surface area is 169 Å². The van der Waals surface area contributed by atoms with E-state index >= 15 is 0 Å². The molecule has 7 nitrogen and oxygen atoms in total. The van der Waals surface area contributed by atoms with Gasteiger partial charge in [0.2, 0.25) is 5.91 Å². The predicted octanol–water partition coefficient (Wildman–Crippen LogP) is 2.72. The number of nitrogens with one attached hydrogen (secondary N) is 1. The van der Waals surface area contributed by atoms with E-state index in [4.69, 9.17) is 0 Å². The standard InChI is InChI=1S/C20H18BrN5O2/c21-15-5-6-18-14(13-15)7-10-25(18)12-9-22-19(27)8-11-26-20(28)16-3-1-2-4-17(16)23-24-26/h1-7,10,13H,8-9,11-12H2,(H,22,27). The maximum absolute atomic E-state index is 12.4. The number of halogens is 1. The van der Waals surface area contributed by atoms with Crippen molar-refractivity contribution in [1.82, 2.24) is 24.9 Å². The van der Waals surface area contributed by atoms with Gasteiger partial charge in [-0.15, -0.1) is 5.10 Å². The lowest BCUT2D eigenvalue weighted by atomic mass is 10.2. The number of nitrogens with zero attached hydrogens (tertiary/aromatic N) is 4. The van der Waals surface area contributed by atoms with Crippen molar-refractivity contribution in [2.75, 3.05) is 6.54 Å². The second-order valence-corrected chi connectivity index (χ2v) is 7.36. The minimum Gasteiger partial charge on any atom is -0.354 e. The van der Waals surface area contributed by atoms with E-state index in [9.17, 15) is 9.59 Å². The van der Waals surface area contributed by atoms with E-state index in [0.717, 1.165) is 15.4 Å². The van der Waals surface area contributed by atoms with Gasteiger partial charge >= 0.3 is 0 Å². The fourth-order valence-electron chi connectivity index (χ4n) is 3.15. The third kappa shape index (κ3) is 3.82. The molecule has 2 aromatic heterocycles. The van der Waals surface area contributed by atoms with Crippen molar-refractivity contribution >= 4 is 43.6 Å². The van der Waals surface area contributed by atoms with Gasteiger partial charge < -0.3 is 9.88 Å². The number of benzene rings is 2. The molecule has 0 aliphatic heterocycles. The molecular formula is C20H18BrN5O2. The average Bonchev–Trinajstić information content (AvgIpc) is 3.09. The summed E-state index contributed by atoms with van der Waals surface area (Å²) >= 11 is 3.47. The van der Waals surface area contributed by atoms with Crippen LogP contribution >= 0.6 is 15.9 Å². The van der Waals surface area contributed by atoms with Crippen LogP contribution in [0.25, 0.3) is 21.8 Å². The van der Waals surface area contributed by atoms with Gasteiger partial charge in [-0.25, -0.2) is 4.68 Å². The molecule has 0 aliphatic carbocycles. The fourth-order valence-corrected chi connectivity index (χ4v) is 3.53. The molecule has 4 aromatic rings. The van der Waals surface area contributed by atoms with E-state index in [2.05, 4.69) is 42.2 Å². The van der Waals surface area contributed by atoms with Crippen LogP contribution < -0.4 is 10.9 Å². The van der Waals surface area contributed by atoms with Crippen LogP contribution in [0.2, 0.25) is 0 Å². The second-order valence-electron chi connectivity index (χ2n) is 6.45. The summed E-state index contributed by atoms with van der Waals surface area (Å²) in [7, 11) is 0. The van der Waals surface area contributed by atoms with Gasteiger partial charge in [0.05, 0.1) is 11.9 Å². The molecular weight excluding hydrogens is 422 g/mol. The molecule has 8 heteroatoms. The summed E-state index contributed by atoms with van der Waals surface area (Å²) in [5.41, 5.74) is 1.44. The first kappa shape index (κ1) is 18.4. The first-order valence-electron chi connectivity index (χ1n) is 8.95. The van der Waals surface area contributed by atoms with Crippen LogP contribution in [0.1, 0.15) is 6.42 Å². The summed E-state index contributed by atoms with van der Waals surface area (Å²) in [5, 5.41) is 12.5. The summed E-state index contributed by atoms with van der Waals surface area (Å²) in [6, 6.07) is 15.2. The monoisotopic (exact) mass is 439 g/mol. The van der Waals surface area contributed by atoms with E-state index in [1.54, 1.807) is 24.3 Å². The third-order valence-electron chi connectivity index (χ3n) is 4.59. The lowest BCUT2D eigenvalue weighted by Gasteiger charge is -2.08. The fraction of sp³-hybridized carbons (Fsp3) is 0.200. The molecule has 0 fully saturated rings. The molecule has 142 valence electrons. The third-order valence-corrected chi connectivity index (χ3v) is 5.08. The molecule has 0 spiro atoms. The van der Waals surface area contributed by atoms with E-state index in [1.165, 1.54) is 4.68 Å². The zero-order chi connectivity index (χ0) is 19.5. The van der Waals surface area contributed by atoms with Crippen LogP contribution in [0.3, 0.4) is 0 Å². The van der Waals surface area contributed by atoms with Crippen molar-refractivity contribution in [3.05, 3.63) is 69.6 Å². The highest BCUT2D eigenvalue weighted by Gasteiger charge is 2.08. The quantitative estimate of drug-likeness (QED) is 0.500. The van der Waals surface area contributed by atoms with Crippen LogP contribution in [0.15, 0.2) is 64.0 Å². The second kappa shape index (κ2) is 7.93. The van der Waals surface area contributed by atoms with Crippen molar-refractivity contribution < 1.29 is 4.79 Å². The normalized spacial score (nSPS) is 11.2. The number of carbonyl (C=O) groups is 1. The Bertz CT molecular complexity index is 1210. The zero-order valence-corrected chi connectivity index (χ0v) is 16.6. The topological polar surface area (TPSA) is 81.8 Å². The van der Waals surface area contributed by atoms with Gasteiger partial charge in [-0.1, -0.05) is 33.3 Å². The number of aryl methyl sites for hydroxylation is 1. The highest BCUT2D eigenvalue weighted by Crippen LogP contribution is 2.20. The van der Waals surface area contributed by atoms with Gasteiger partial charge in [0.1, 0.15) is 5.52 Å². The summed E-state index contributed by atoms with van der Waals surface area (Å²) in [4.78, 5) is 24.5. The van der Waals surface area contributed by atoms with Gasteiger partial charge in [0.15, 0.2) is 0 Å². The largest absolute Gasteiger partial charge is 0.354 e. The van der Waals surface area contributed by atoms with Crippen molar-refractivity contribution in [2.45, 2.75) is 19.5 Å². The summed E-state index contributed by atoms with van der Waals surface area (Å²) in [5.74, 6) is -0.124. The molecule has 0 saturated carbocycles. The summed E-state index contributed by atoms with van der Waals surface area (Å²) < 4.78 is 4.37. The van der Waals surface area contributed by atoms with Gasteiger partial charge in [0, 0.05) is 41.1 Å². The smallest absolute Gasteiger partial charge is 0.277 e. The summed E-state index contributed by atoms with van der Waals surface area (Å²) in [6.45, 7) is 1.38. The highest BCUT2D eigenvalue weighted by molar-refractivity contribution is 9.10. The predicted molar refractivity (Wildman–Crippen MR) is 111 cm³/mol. The van der Waals surface area contributed by atoms with Crippen LogP contribution in [-0.2, 0) is 17.9 Å². The first-order valence-corrected chi connectivity index (χ1v) is 9.75. The average molecular weight is 440 g/mol. The lowest BCUT2D eigenvalue weighted by Crippen LogP contribution is -2.31. The van der Waals surface area contributed by atoms with Crippen LogP contribution in [-0.4, -0.2) is 32.0 Å². The summed E-state index contributed by atoms with van der Waals surface area (Å²) in [6.07, 6.45) is 2.18. The van der Waals surface area contributed by atoms with Gasteiger partial charge in [-0.3, -0.25) is 9.59 Å². The Morgan fingerprint density at radius 3 is 2.86 bits per heavy atom. The number of aromatic nitrogens is 4. The SMILES string of the molecule is O=C(CCn1nnc2ccccc2c1=O)NCCn1ccc2cc(Br)ccc21. The Hall–Kier alpha value is -3.00. The molecule has 0 atom stereocenters. The van der Waals surface area contributed by atoms with Gasteiger partial charge in [0.25, 0.3) is 5.56 Å². The molecule has 4 rings (SSSR count). The van der Waals surface area contributed by atoms with E-state index in [-0.39, 0.29) is 24.4 Å². The van der Waals surface area contributed by atoms with Crippen LogP contribution in [0.5, 0.6) is 0 Å². The minimum absolute atomic E-state index is 0.124. The van der Waals surface area contributed by atoms with Crippen molar-refractivity contribution in [3.63, 3.8) is 0 Å². The Morgan fingerprint density at radius 1 is 1.11 bits per heavy atom. The number of hydrogen-bond acceptors (Lipinski definition) is 4. The Morgan fingerprint density at radius 2 is 1.96 bits per heavy atom. The van der Waals surface area contributed by atoms with E-state index in [1.807, 2.05) is 24.4 Å². The molecule has 2 heterocycles. The molecule has 0 saturated heterocycles. The molecule has 0 bridgehead atoms. The molecule has 0 radical (unpaired) electrons. The zero-order valence-electron chi connectivity index (χ0n) is 15.0. The Kier molecular flexibility index (Phi) is 5.21. The Balaban J connectivity index is 1.32. The van der Waals surface area contributed by atoms with E-state index in [0.29, 0.717) is 24.0 Å². The first-order chi connectivity index (χ1) is 13.6. The lowest BCUT2D eigenvalue weighted by molar-refractivity contribution is -0.121. The van der Waals surface area contributed by atoms with Crippen molar-refractivity contribution in [1.29, 1.82) is 0 Å². The molecule has 0 aliphatic rings. The number of fused-ring (bicyclic) bond motifs is 2. The van der Waals surface area contributed by atoms with Crippen LogP contribution in [0.4, 0.5) is 0 Å². The molecule has 1 amide bonds. The maximum Gasteiger partial charge on any atom is 0.277 e. The molecule has 2 aromatic carbocycles. The van der Waals surface area contributed by atoms with Crippen LogP contribution in [0, 0.1) is 0 Å². The van der Waals surface area contributed by atoms with Gasteiger partial charge in [-0.2, -0.15) is 0 Å². The number of hydrogen-bond donors (Lipinski definition) is 1. The van der Waals surface area contributed by atoms with Crippen molar-refractivity contribution in [2.24, 2.45) is 0 Å². The molecule has 28 heavy (non-hydrogen) atoms. The number of rotatable bonds is 6. The van der Waals surface area contributed by atoms with Gasteiger partial charge in [-0.05, 0) is 36.4 Å². The number of amides is 1. The maximum atomic E-state index is 12.4.